The van der Waals surface area contributed by atoms with Crippen molar-refractivity contribution in [1.82, 2.24) is 4.98 Å². The van der Waals surface area contributed by atoms with E-state index in [1.807, 2.05) is 42.5 Å². The van der Waals surface area contributed by atoms with E-state index in [0.717, 1.165) is 21.3 Å². The van der Waals surface area contributed by atoms with Crippen molar-refractivity contribution in [2.24, 2.45) is 0 Å². The number of esters is 2. The minimum atomic E-state index is -0.628. The molecule has 0 aliphatic carbocycles. The van der Waals surface area contributed by atoms with Crippen LogP contribution in [-0.2, 0) is 20.7 Å². The number of amides is 1. The molecular formula is C25H20N2O5S. The third kappa shape index (κ3) is 5.07. The van der Waals surface area contributed by atoms with E-state index >= 15 is 0 Å². The lowest BCUT2D eigenvalue weighted by Crippen LogP contribution is -2.16. The third-order valence-corrected chi connectivity index (χ3v) is 5.93. The number of hydrogen-bond acceptors (Lipinski definition) is 7. The fourth-order valence-corrected chi connectivity index (χ4v) is 4.38. The summed E-state index contributed by atoms with van der Waals surface area (Å²) in [5, 5.41) is 3.38. The highest BCUT2D eigenvalue weighted by molar-refractivity contribution is 7.18. The number of ether oxygens (including phenoxy) is 2. The third-order valence-electron chi connectivity index (χ3n) is 4.91. The van der Waals surface area contributed by atoms with Crippen LogP contribution in [0.4, 0.5) is 5.69 Å². The molecule has 0 radical (unpaired) electrons. The number of carbonyl (C=O) groups is 3. The van der Waals surface area contributed by atoms with Crippen LogP contribution < -0.4 is 5.32 Å². The maximum atomic E-state index is 12.7. The van der Waals surface area contributed by atoms with Crippen molar-refractivity contribution < 1.29 is 23.9 Å². The van der Waals surface area contributed by atoms with Crippen molar-refractivity contribution in [3.8, 4) is 11.1 Å². The van der Waals surface area contributed by atoms with E-state index in [2.05, 4.69) is 16.4 Å². The number of nitrogens with one attached hydrogen (secondary N) is 1. The fraction of sp³-hybridized carbons (Fsp3) is 0.120. The average Bonchev–Trinajstić information content (AvgIpc) is 3.24. The second-order valence-electron chi connectivity index (χ2n) is 7.16. The predicted molar refractivity (Wildman–Crippen MR) is 127 cm³/mol. The monoisotopic (exact) mass is 460 g/mol. The Labute approximate surface area is 194 Å². The van der Waals surface area contributed by atoms with Crippen LogP contribution in [0.1, 0.15) is 25.7 Å². The summed E-state index contributed by atoms with van der Waals surface area (Å²) in [6.45, 7) is 0. The number of hydrogen-bond donors (Lipinski definition) is 1. The molecule has 0 atom stereocenters. The van der Waals surface area contributed by atoms with Crippen molar-refractivity contribution in [2.45, 2.75) is 6.42 Å². The average molecular weight is 461 g/mol. The Bertz CT molecular complexity index is 1310. The van der Waals surface area contributed by atoms with Crippen LogP contribution in [0.2, 0.25) is 0 Å². The molecule has 1 N–H and O–H groups in total. The van der Waals surface area contributed by atoms with Crippen LogP contribution in [0, 0.1) is 0 Å². The number of rotatable bonds is 6. The lowest BCUT2D eigenvalue weighted by molar-refractivity contribution is -0.115. The van der Waals surface area contributed by atoms with Crippen molar-refractivity contribution >= 4 is 45.1 Å². The van der Waals surface area contributed by atoms with E-state index in [0.29, 0.717) is 5.01 Å². The summed E-state index contributed by atoms with van der Waals surface area (Å²) in [7, 11) is 2.48. The molecule has 0 fully saturated rings. The van der Waals surface area contributed by atoms with Crippen LogP contribution in [0.15, 0.2) is 66.7 Å². The van der Waals surface area contributed by atoms with Gasteiger partial charge in [-0.25, -0.2) is 14.6 Å². The van der Waals surface area contributed by atoms with Gasteiger partial charge < -0.3 is 14.8 Å². The van der Waals surface area contributed by atoms with Crippen LogP contribution in [0.5, 0.6) is 0 Å². The normalized spacial score (nSPS) is 10.6. The maximum Gasteiger partial charge on any atom is 0.337 e. The molecule has 4 aromatic rings. The minimum absolute atomic E-state index is 0.0516. The molecule has 7 nitrogen and oxygen atoms in total. The van der Waals surface area contributed by atoms with E-state index in [9.17, 15) is 14.4 Å². The topological polar surface area (TPSA) is 94.6 Å². The summed E-state index contributed by atoms with van der Waals surface area (Å²) in [6.07, 6.45) is 0.0516. The molecular weight excluding hydrogens is 440 g/mol. The van der Waals surface area contributed by atoms with Gasteiger partial charge in [-0.3, -0.25) is 4.79 Å². The Morgan fingerprint density at radius 3 is 2.15 bits per heavy atom. The summed E-state index contributed by atoms with van der Waals surface area (Å²) < 4.78 is 10.4. The van der Waals surface area contributed by atoms with Crippen molar-refractivity contribution in [2.75, 3.05) is 19.5 Å². The molecule has 0 aliphatic heterocycles. The van der Waals surface area contributed by atoms with Crippen LogP contribution in [0.25, 0.3) is 21.3 Å². The van der Waals surface area contributed by atoms with E-state index < -0.39 is 11.9 Å². The zero-order chi connectivity index (χ0) is 23.4. The van der Waals surface area contributed by atoms with E-state index in [1.165, 1.54) is 43.8 Å². The van der Waals surface area contributed by atoms with Gasteiger partial charge in [0.25, 0.3) is 0 Å². The minimum Gasteiger partial charge on any atom is -0.465 e. The highest BCUT2D eigenvalue weighted by Gasteiger charge is 2.16. The predicted octanol–water partition coefficient (Wildman–Crippen LogP) is 4.72. The van der Waals surface area contributed by atoms with Gasteiger partial charge in [0.1, 0.15) is 5.01 Å². The first-order valence-electron chi connectivity index (χ1n) is 10.0. The summed E-state index contributed by atoms with van der Waals surface area (Å²) >= 11 is 1.45. The largest absolute Gasteiger partial charge is 0.465 e. The molecule has 1 amide bonds. The second kappa shape index (κ2) is 9.62. The molecule has 4 rings (SSSR count). The highest BCUT2D eigenvalue weighted by Crippen LogP contribution is 2.28. The summed E-state index contributed by atoms with van der Waals surface area (Å²) in [5.74, 6) is -1.58. The zero-order valence-corrected chi connectivity index (χ0v) is 18.8. The molecule has 166 valence electrons. The van der Waals surface area contributed by atoms with Gasteiger partial charge in [0, 0.05) is 5.69 Å². The van der Waals surface area contributed by atoms with E-state index in [-0.39, 0.29) is 29.1 Å². The first-order chi connectivity index (χ1) is 16.0. The van der Waals surface area contributed by atoms with Gasteiger partial charge in [-0.1, -0.05) is 36.4 Å². The molecule has 1 heterocycles. The van der Waals surface area contributed by atoms with Crippen molar-refractivity contribution in [3.05, 3.63) is 82.9 Å². The van der Waals surface area contributed by atoms with Crippen LogP contribution in [0.3, 0.4) is 0 Å². The Hall–Kier alpha value is -4.04. The second-order valence-corrected chi connectivity index (χ2v) is 8.28. The number of methoxy groups -OCH3 is 2. The van der Waals surface area contributed by atoms with Gasteiger partial charge in [0.15, 0.2) is 0 Å². The van der Waals surface area contributed by atoms with Gasteiger partial charge in [0.2, 0.25) is 5.91 Å². The summed E-state index contributed by atoms with van der Waals surface area (Å²) in [4.78, 5) is 41.1. The molecule has 0 bridgehead atoms. The molecule has 1 aromatic heterocycles. The molecule has 0 saturated heterocycles. The fourth-order valence-electron chi connectivity index (χ4n) is 3.37. The van der Waals surface area contributed by atoms with Crippen LogP contribution in [-0.4, -0.2) is 37.0 Å². The van der Waals surface area contributed by atoms with E-state index in [4.69, 9.17) is 9.47 Å². The number of carbonyl (C=O) groups excluding carboxylic acids is 3. The quantitative estimate of drug-likeness (QED) is 0.419. The SMILES string of the molecule is COC(=O)c1cc(NC(=O)Cc2nc3ccc(-c4ccccc4)cc3s2)cc(C(=O)OC)c1. The standard InChI is InChI=1S/C25H20N2O5S/c1-31-24(29)17-10-18(25(30)32-2)12-19(11-17)26-22(28)14-23-27-20-9-8-16(13-21(20)33-23)15-6-4-3-5-7-15/h3-13H,14H2,1-2H3,(H,26,28). The molecule has 0 spiro atoms. The number of thiazole rings is 1. The van der Waals surface area contributed by atoms with Gasteiger partial charge in [-0.05, 0) is 41.5 Å². The van der Waals surface area contributed by atoms with Crippen LogP contribution >= 0.6 is 11.3 Å². The molecule has 33 heavy (non-hydrogen) atoms. The Balaban J connectivity index is 1.54. The van der Waals surface area contributed by atoms with Gasteiger partial charge >= 0.3 is 11.9 Å². The number of anilines is 1. The lowest BCUT2D eigenvalue weighted by atomic mass is 10.1. The Morgan fingerprint density at radius 2 is 1.52 bits per heavy atom. The van der Waals surface area contributed by atoms with Gasteiger partial charge in [-0.2, -0.15) is 0 Å². The van der Waals surface area contributed by atoms with Crippen molar-refractivity contribution in [3.63, 3.8) is 0 Å². The molecule has 3 aromatic carbocycles. The first kappa shape index (κ1) is 22.2. The summed E-state index contributed by atoms with van der Waals surface area (Å²) in [5.41, 5.74) is 3.56. The number of fused-ring (bicyclic) bond motifs is 1. The number of benzene rings is 3. The van der Waals surface area contributed by atoms with Crippen molar-refractivity contribution in [1.29, 1.82) is 0 Å². The van der Waals surface area contributed by atoms with Gasteiger partial charge in [0.05, 0.1) is 42.0 Å². The van der Waals surface area contributed by atoms with Gasteiger partial charge in [-0.15, -0.1) is 11.3 Å². The molecule has 0 unspecified atom stereocenters. The Kier molecular flexibility index (Phi) is 6.46. The lowest BCUT2D eigenvalue weighted by Gasteiger charge is -2.09. The molecule has 0 aliphatic rings. The summed E-state index contributed by atoms with van der Waals surface area (Å²) in [6, 6.07) is 20.3. The smallest absolute Gasteiger partial charge is 0.337 e. The number of nitrogens with zero attached hydrogens (tertiary/aromatic N) is 1. The molecule has 0 saturated carbocycles. The number of aromatic nitrogens is 1. The Morgan fingerprint density at radius 1 is 0.848 bits per heavy atom. The zero-order valence-electron chi connectivity index (χ0n) is 18.0. The molecule has 8 heteroatoms. The highest BCUT2D eigenvalue weighted by atomic mass is 32.1. The first-order valence-corrected chi connectivity index (χ1v) is 10.8. The maximum absolute atomic E-state index is 12.7. The van der Waals surface area contributed by atoms with E-state index in [1.54, 1.807) is 0 Å².